The maximum Gasteiger partial charge on any atom is 0.307 e. The van der Waals surface area contributed by atoms with Crippen LogP contribution >= 0.6 is 0 Å². The van der Waals surface area contributed by atoms with Crippen molar-refractivity contribution in [2.24, 2.45) is 0 Å². The van der Waals surface area contributed by atoms with Crippen molar-refractivity contribution in [2.45, 2.75) is 13.8 Å². The van der Waals surface area contributed by atoms with Gasteiger partial charge in [-0.2, -0.15) is 10.5 Å². The topological polar surface area (TPSA) is 100 Å². The SMILES string of the molecule is CC(=O)O/C=C(/C#N)c1ccccc1.CC(=O)O/C=C(\C#N)c1ccccc1. The molecule has 0 fully saturated rings. The molecule has 0 unspecified atom stereocenters. The van der Waals surface area contributed by atoms with Gasteiger partial charge in [0.2, 0.25) is 0 Å². The summed E-state index contributed by atoms with van der Waals surface area (Å²) in [7, 11) is 0. The molecule has 6 nitrogen and oxygen atoms in total. The highest BCUT2D eigenvalue weighted by atomic mass is 16.5. The number of esters is 2. The lowest BCUT2D eigenvalue weighted by Crippen LogP contribution is -1.91. The van der Waals surface area contributed by atoms with E-state index in [2.05, 4.69) is 9.47 Å². The molecular weight excluding hydrogens is 356 g/mol. The lowest BCUT2D eigenvalue weighted by molar-refractivity contribution is -0.136. The summed E-state index contributed by atoms with van der Waals surface area (Å²) in [6.07, 6.45) is 2.33. The molecule has 0 radical (unpaired) electrons. The largest absolute Gasteiger partial charge is 0.433 e. The molecule has 2 rings (SSSR count). The van der Waals surface area contributed by atoms with Gasteiger partial charge in [-0.1, -0.05) is 60.7 Å². The van der Waals surface area contributed by atoms with Crippen molar-refractivity contribution < 1.29 is 19.1 Å². The van der Waals surface area contributed by atoms with E-state index in [0.29, 0.717) is 11.1 Å². The first kappa shape index (κ1) is 21.9. The number of carbonyl (C=O) groups is 2. The Balaban J connectivity index is 0.000000280. The Morgan fingerprint density at radius 1 is 0.714 bits per heavy atom. The van der Waals surface area contributed by atoms with Crippen molar-refractivity contribution in [1.82, 2.24) is 0 Å². The van der Waals surface area contributed by atoms with Crippen molar-refractivity contribution in [3.63, 3.8) is 0 Å². The first-order chi connectivity index (χ1) is 13.5. The Labute approximate surface area is 163 Å². The molecule has 28 heavy (non-hydrogen) atoms. The summed E-state index contributed by atoms with van der Waals surface area (Å²) in [6, 6.07) is 22.0. The van der Waals surface area contributed by atoms with Gasteiger partial charge in [-0.3, -0.25) is 9.59 Å². The molecule has 0 atom stereocenters. The molecule has 6 heteroatoms. The van der Waals surface area contributed by atoms with Gasteiger partial charge < -0.3 is 9.47 Å². The normalized spacial score (nSPS) is 10.4. The van der Waals surface area contributed by atoms with Gasteiger partial charge in [-0.25, -0.2) is 0 Å². The van der Waals surface area contributed by atoms with E-state index in [-0.39, 0.29) is 0 Å². The predicted molar refractivity (Wildman–Crippen MR) is 104 cm³/mol. The molecular formula is C22H18N2O4. The number of ether oxygens (including phenoxy) is 2. The number of nitriles is 2. The van der Waals surface area contributed by atoms with E-state index in [1.807, 2.05) is 48.5 Å². The van der Waals surface area contributed by atoms with Gasteiger partial charge >= 0.3 is 11.9 Å². The van der Waals surface area contributed by atoms with E-state index in [1.54, 1.807) is 24.3 Å². The molecule has 0 aliphatic carbocycles. The Hall–Kier alpha value is -4.16. The summed E-state index contributed by atoms with van der Waals surface area (Å²) in [5, 5.41) is 17.6. The van der Waals surface area contributed by atoms with Gasteiger partial charge in [0.05, 0.1) is 11.1 Å². The summed E-state index contributed by atoms with van der Waals surface area (Å²) < 4.78 is 9.25. The quantitative estimate of drug-likeness (QED) is 0.451. The van der Waals surface area contributed by atoms with Crippen molar-refractivity contribution in [1.29, 1.82) is 10.5 Å². The van der Waals surface area contributed by atoms with Crippen LogP contribution in [0.15, 0.2) is 73.2 Å². The fraction of sp³-hybridized carbons (Fsp3) is 0.0909. The molecule has 2 aromatic rings. The highest BCUT2D eigenvalue weighted by Gasteiger charge is 2.01. The zero-order valence-electron chi connectivity index (χ0n) is 15.5. The minimum Gasteiger partial charge on any atom is -0.433 e. The van der Waals surface area contributed by atoms with Gasteiger partial charge in [0.15, 0.2) is 0 Å². The van der Waals surface area contributed by atoms with Crippen LogP contribution < -0.4 is 0 Å². The highest BCUT2D eigenvalue weighted by Crippen LogP contribution is 2.13. The average Bonchev–Trinajstić information content (AvgIpc) is 2.71. The maximum atomic E-state index is 10.5. The molecule has 0 aliphatic rings. The lowest BCUT2D eigenvalue weighted by atomic mass is 10.1. The first-order valence-electron chi connectivity index (χ1n) is 8.13. The number of allylic oxidation sites excluding steroid dienone is 2. The van der Waals surface area contributed by atoms with E-state index in [0.717, 1.165) is 23.7 Å². The van der Waals surface area contributed by atoms with Crippen LogP contribution in [0.3, 0.4) is 0 Å². The summed E-state index contributed by atoms with van der Waals surface area (Å²) in [5.74, 6) is -0.873. The smallest absolute Gasteiger partial charge is 0.307 e. The third kappa shape index (κ3) is 8.28. The average molecular weight is 374 g/mol. The zero-order chi connectivity index (χ0) is 20.8. The molecule has 0 saturated carbocycles. The molecule has 140 valence electrons. The maximum absolute atomic E-state index is 10.5. The summed E-state index contributed by atoms with van der Waals surface area (Å²) >= 11 is 0. The van der Waals surface area contributed by atoms with Gasteiger partial charge in [-0.05, 0) is 11.1 Å². The number of hydrogen-bond acceptors (Lipinski definition) is 6. The Kier molecular flexibility index (Phi) is 9.56. The van der Waals surface area contributed by atoms with Crippen LogP contribution in [-0.4, -0.2) is 11.9 Å². The van der Waals surface area contributed by atoms with E-state index >= 15 is 0 Å². The Morgan fingerprint density at radius 3 is 1.29 bits per heavy atom. The van der Waals surface area contributed by atoms with Crippen LogP contribution in [0.2, 0.25) is 0 Å². The van der Waals surface area contributed by atoms with Crippen LogP contribution in [0, 0.1) is 22.7 Å². The predicted octanol–water partition coefficient (Wildman–Crippen LogP) is 4.23. The van der Waals surface area contributed by atoms with Gasteiger partial charge in [-0.15, -0.1) is 0 Å². The number of hydrogen-bond donors (Lipinski definition) is 0. The van der Waals surface area contributed by atoms with Crippen LogP contribution in [0.5, 0.6) is 0 Å². The second-order valence-electron chi connectivity index (χ2n) is 5.24. The Bertz CT molecular complexity index is 854. The second-order valence-corrected chi connectivity index (χ2v) is 5.24. The van der Waals surface area contributed by atoms with Gasteiger partial charge in [0.1, 0.15) is 24.7 Å². The molecule has 0 aliphatic heterocycles. The van der Waals surface area contributed by atoms with E-state index in [4.69, 9.17) is 10.5 Å². The summed E-state index contributed by atoms with van der Waals surface area (Å²) in [5.41, 5.74) is 2.13. The van der Waals surface area contributed by atoms with Crippen LogP contribution in [0.4, 0.5) is 0 Å². The van der Waals surface area contributed by atoms with E-state index < -0.39 is 11.9 Å². The standard InChI is InChI=1S/2C11H9NO2/c2*1-9(13)14-8-11(7-12)10-5-3-2-4-6-10/h2*2-6,8H,1H3/b11-8+;11-8-. The molecule has 2 aromatic carbocycles. The molecule has 0 aromatic heterocycles. The van der Waals surface area contributed by atoms with E-state index in [1.165, 1.54) is 13.8 Å². The number of carbonyl (C=O) groups excluding carboxylic acids is 2. The van der Waals surface area contributed by atoms with Crippen molar-refractivity contribution in [3.8, 4) is 12.1 Å². The fourth-order valence-electron chi connectivity index (χ4n) is 1.84. The van der Waals surface area contributed by atoms with Crippen LogP contribution in [0.25, 0.3) is 11.1 Å². The van der Waals surface area contributed by atoms with Gasteiger partial charge in [0, 0.05) is 13.8 Å². The van der Waals surface area contributed by atoms with Crippen molar-refractivity contribution >= 4 is 23.1 Å². The minimum absolute atomic E-state index is 0.334. The van der Waals surface area contributed by atoms with Crippen molar-refractivity contribution in [3.05, 3.63) is 84.3 Å². The lowest BCUT2D eigenvalue weighted by Gasteiger charge is -1.97. The minimum atomic E-state index is -0.436. The number of nitrogens with zero attached hydrogens (tertiary/aromatic N) is 2. The molecule has 0 amide bonds. The summed E-state index contributed by atoms with van der Waals surface area (Å²) in [4.78, 5) is 21.0. The number of rotatable bonds is 4. The first-order valence-corrected chi connectivity index (χ1v) is 8.13. The molecule has 0 bridgehead atoms. The Morgan fingerprint density at radius 2 is 1.04 bits per heavy atom. The second kappa shape index (κ2) is 12.2. The fourth-order valence-corrected chi connectivity index (χ4v) is 1.84. The van der Waals surface area contributed by atoms with Gasteiger partial charge in [0.25, 0.3) is 0 Å². The molecule has 0 N–H and O–H groups in total. The van der Waals surface area contributed by atoms with Crippen LogP contribution in [-0.2, 0) is 19.1 Å². The van der Waals surface area contributed by atoms with Crippen LogP contribution in [0.1, 0.15) is 25.0 Å². The highest BCUT2D eigenvalue weighted by molar-refractivity contribution is 5.78. The summed E-state index contributed by atoms with van der Waals surface area (Å²) in [6.45, 7) is 2.58. The molecule has 0 heterocycles. The van der Waals surface area contributed by atoms with E-state index in [9.17, 15) is 9.59 Å². The third-order valence-corrected chi connectivity index (χ3v) is 3.10. The monoisotopic (exact) mass is 374 g/mol. The molecule has 0 spiro atoms. The zero-order valence-corrected chi connectivity index (χ0v) is 15.5. The third-order valence-electron chi connectivity index (χ3n) is 3.10. The van der Waals surface area contributed by atoms with Crippen molar-refractivity contribution in [2.75, 3.05) is 0 Å². The molecule has 0 saturated heterocycles. The number of benzene rings is 2.